The van der Waals surface area contributed by atoms with Gasteiger partial charge in [0.05, 0.1) is 12.1 Å². The third-order valence-corrected chi connectivity index (χ3v) is 5.19. The van der Waals surface area contributed by atoms with E-state index in [1.165, 1.54) is 0 Å². The summed E-state index contributed by atoms with van der Waals surface area (Å²) >= 11 is 0. The largest absolute Gasteiger partial charge is 0.340 e. The van der Waals surface area contributed by atoms with E-state index in [9.17, 15) is 4.79 Å². The van der Waals surface area contributed by atoms with Crippen LogP contribution in [0.3, 0.4) is 0 Å². The fraction of sp³-hybridized carbons (Fsp3) is 0.588. The lowest BCUT2D eigenvalue weighted by molar-refractivity contribution is 0.125. The van der Waals surface area contributed by atoms with Crippen LogP contribution in [0.15, 0.2) is 18.3 Å². The van der Waals surface area contributed by atoms with Crippen LogP contribution >= 0.6 is 0 Å². The molecule has 128 valence electrons. The number of amides is 2. The molecule has 2 saturated heterocycles. The number of fused-ring (bicyclic) bond motifs is 1. The lowest BCUT2D eigenvalue weighted by Crippen LogP contribution is -2.46. The number of pyridine rings is 1. The van der Waals surface area contributed by atoms with Crippen molar-refractivity contribution in [1.82, 2.24) is 29.7 Å². The van der Waals surface area contributed by atoms with Crippen LogP contribution in [0.5, 0.6) is 0 Å². The summed E-state index contributed by atoms with van der Waals surface area (Å²) in [6.07, 6.45) is 3.86. The highest BCUT2D eigenvalue weighted by atomic mass is 16.2. The zero-order valence-corrected chi connectivity index (χ0v) is 14.1. The molecule has 2 aliphatic rings. The summed E-state index contributed by atoms with van der Waals surface area (Å²) in [4.78, 5) is 30.9. The quantitative estimate of drug-likeness (QED) is 0.927. The molecular weight excluding hydrogens is 304 g/mol. The van der Waals surface area contributed by atoms with E-state index in [2.05, 4.69) is 24.8 Å². The summed E-state index contributed by atoms with van der Waals surface area (Å²) in [7, 11) is 0. The second kappa shape index (κ2) is 6.39. The standard InChI is InChI=1S/C17H24N6O/c1-2-22-10-11-23(17(22)24)13-5-8-21(9-6-13)12-15-19-14-4-3-7-18-16(14)20-15/h3-4,7,13H,2,5-6,8-12H2,1H3,(H,18,19,20). The lowest BCUT2D eigenvalue weighted by atomic mass is 10.0. The molecule has 2 aromatic heterocycles. The van der Waals surface area contributed by atoms with Crippen LogP contribution in [0.2, 0.25) is 0 Å². The van der Waals surface area contributed by atoms with Crippen LogP contribution in [0, 0.1) is 0 Å². The van der Waals surface area contributed by atoms with E-state index in [1.807, 2.05) is 24.0 Å². The summed E-state index contributed by atoms with van der Waals surface area (Å²) < 4.78 is 0. The van der Waals surface area contributed by atoms with Crippen molar-refractivity contribution in [2.75, 3.05) is 32.7 Å². The van der Waals surface area contributed by atoms with Gasteiger partial charge in [0.25, 0.3) is 0 Å². The van der Waals surface area contributed by atoms with Gasteiger partial charge in [-0.1, -0.05) is 0 Å². The predicted molar refractivity (Wildman–Crippen MR) is 91.5 cm³/mol. The van der Waals surface area contributed by atoms with Gasteiger partial charge in [-0.15, -0.1) is 0 Å². The zero-order valence-electron chi connectivity index (χ0n) is 14.1. The van der Waals surface area contributed by atoms with E-state index in [-0.39, 0.29) is 6.03 Å². The number of imidazole rings is 1. The minimum absolute atomic E-state index is 0.222. The first-order chi connectivity index (χ1) is 11.7. The predicted octanol–water partition coefficient (Wildman–Crippen LogP) is 1.68. The molecule has 4 heterocycles. The zero-order chi connectivity index (χ0) is 16.5. The number of H-pyrrole nitrogens is 1. The van der Waals surface area contributed by atoms with E-state index >= 15 is 0 Å². The molecule has 0 radical (unpaired) electrons. The molecule has 0 aliphatic carbocycles. The van der Waals surface area contributed by atoms with Gasteiger partial charge in [-0.25, -0.2) is 14.8 Å². The maximum Gasteiger partial charge on any atom is 0.320 e. The monoisotopic (exact) mass is 328 g/mol. The number of hydrogen-bond donors (Lipinski definition) is 1. The number of nitrogens with zero attached hydrogens (tertiary/aromatic N) is 5. The van der Waals surface area contributed by atoms with Crippen molar-refractivity contribution in [3.63, 3.8) is 0 Å². The highest BCUT2D eigenvalue weighted by Crippen LogP contribution is 2.22. The lowest BCUT2D eigenvalue weighted by Gasteiger charge is -2.36. The van der Waals surface area contributed by atoms with Crippen molar-refractivity contribution in [2.24, 2.45) is 0 Å². The third kappa shape index (κ3) is 2.84. The Hall–Kier alpha value is -2.15. The molecule has 2 fully saturated rings. The van der Waals surface area contributed by atoms with Crippen LogP contribution in [0.25, 0.3) is 11.2 Å². The molecule has 24 heavy (non-hydrogen) atoms. The summed E-state index contributed by atoms with van der Waals surface area (Å²) in [5.74, 6) is 0.969. The molecule has 0 unspecified atom stereocenters. The first kappa shape index (κ1) is 15.4. The number of aromatic nitrogens is 3. The second-order valence-corrected chi connectivity index (χ2v) is 6.62. The third-order valence-electron chi connectivity index (χ3n) is 5.19. The number of rotatable bonds is 4. The highest BCUT2D eigenvalue weighted by Gasteiger charge is 2.34. The molecule has 0 spiro atoms. The number of urea groups is 1. The van der Waals surface area contributed by atoms with Crippen LogP contribution < -0.4 is 0 Å². The van der Waals surface area contributed by atoms with Gasteiger partial charge >= 0.3 is 6.03 Å². The Labute approximate surface area is 141 Å². The molecular formula is C17H24N6O. The van der Waals surface area contributed by atoms with Crippen molar-refractivity contribution < 1.29 is 4.79 Å². The first-order valence-corrected chi connectivity index (χ1v) is 8.82. The molecule has 4 rings (SSSR count). The molecule has 2 aliphatic heterocycles. The average Bonchev–Trinajstić information content (AvgIpc) is 3.18. The van der Waals surface area contributed by atoms with E-state index in [4.69, 9.17) is 0 Å². The van der Waals surface area contributed by atoms with Crippen LogP contribution in [0.1, 0.15) is 25.6 Å². The SMILES string of the molecule is CCN1CCN(C2CCN(Cc3nc4ncccc4[nH]3)CC2)C1=O. The maximum atomic E-state index is 12.3. The molecule has 2 aromatic rings. The fourth-order valence-corrected chi connectivity index (χ4v) is 3.80. The highest BCUT2D eigenvalue weighted by molar-refractivity contribution is 5.76. The second-order valence-electron chi connectivity index (χ2n) is 6.62. The summed E-state index contributed by atoms with van der Waals surface area (Å²) in [5.41, 5.74) is 1.77. The Morgan fingerprint density at radius 2 is 2.08 bits per heavy atom. The van der Waals surface area contributed by atoms with Crippen molar-refractivity contribution in [2.45, 2.75) is 32.4 Å². The molecule has 0 saturated carbocycles. The van der Waals surface area contributed by atoms with Crippen LogP contribution in [0.4, 0.5) is 4.79 Å². The smallest absolute Gasteiger partial charge is 0.320 e. The van der Waals surface area contributed by atoms with Gasteiger partial charge in [-0.2, -0.15) is 0 Å². The molecule has 7 heteroatoms. The van der Waals surface area contributed by atoms with Crippen molar-refractivity contribution in [1.29, 1.82) is 0 Å². The summed E-state index contributed by atoms with van der Waals surface area (Å²) in [5, 5.41) is 0. The van der Waals surface area contributed by atoms with E-state index in [0.29, 0.717) is 6.04 Å². The fourth-order valence-electron chi connectivity index (χ4n) is 3.80. The Bertz CT molecular complexity index is 688. The number of likely N-dealkylation sites (N-methyl/N-ethyl adjacent to an activating group) is 1. The number of nitrogens with one attached hydrogen (secondary N) is 1. The van der Waals surface area contributed by atoms with Gasteiger partial charge in [-0.05, 0) is 31.9 Å². The van der Waals surface area contributed by atoms with Crippen molar-refractivity contribution >= 4 is 17.2 Å². The van der Waals surface area contributed by atoms with Gasteiger partial charge < -0.3 is 14.8 Å². The van der Waals surface area contributed by atoms with Gasteiger partial charge in [0, 0.05) is 45.0 Å². The van der Waals surface area contributed by atoms with Gasteiger partial charge in [0.15, 0.2) is 5.65 Å². The van der Waals surface area contributed by atoms with E-state index in [0.717, 1.165) is 69.1 Å². The van der Waals surface area contributed by atoms with Crippen LogP contribution in [-0.4, -0.2) is 74.4 Å². The Morgan fingerprint density at radius 1 is 1.25 bits per heavy atom. The molecule has 2 amide bonds. The number of carbonyl (C=O) groups is 1. The topological polar surface area (TPSA) is 68.4 Å². The number of carbonyl (C=O) groups excluding carboxylic acids is 1. The van der Waals surface area contributed by atoms with Gasteiger partial charge in [0.1, 0.15) is 5.82 Å². The first-order valence-electron chi connectivity index (χ1n) is 8.82. The Kier molecular flexibility index (Phi) is 4.10. The minimum atomic E-state index is 0.222. The molecule has 7 nitrogen and oxygen atoms in total. The molecule has 1 N–H and O–H groups in total. The average molecular weight is 328 g/mol. The molecule has 0 aromatic carbocycles. The van der Waals surface area contributed by atoms with Crippen molar-refractivity contribution in [3.05, 3.63) is 24.2 Å². The molecule has 0 atom stereocenters. The van der Waals surface area contributed by atoms with E-state index in [1.54, 1.807) is 6.20 Å². The number of aromatic amines is 1. The van der Waals surface area contributed by atoms with Crippen LogP contribution in [-0.2, 0) is 6.54 Å². The number of hydrogen-bond acceptors (Lipinski definition) is 4. The summed E-state index contributed by atoms with van der Waals surface area (Å²) in [6, 6.07) is 4.54. The van der Waals surface area contributed by atoms with Crippen molar-refractivity contribution in [3.8, 4) is 0 Å². The Morgan fingerprint density at radius 3 is 2.79 bits per heavy atom. The van der Waals surface area contributed by atoms with Gasteiger partial charge in [-0.3, -0.25) is 4.90 Å². The molecule has 0 bridgehead atoms. The minimum Gasteiger partial charge on any atom is -0.340 e. The van der Waals surface area contributed by atoms with Gasteiger partial charge in [0.2, 0.25) is 0 Å². The number of piperidine rings is 1. The Balaban J connectivity index is 1.34. The normalized spacial score (nSPS) is 20.5. The maximum absolute atomic E-state index is 12.3. The number of likely N-dealkylation sites (tertiary alicyclic amines) is 1. The summed E-state index contributed by atoms with van der Waals surface area (Å²) in [6.45, 7) is 7.45. The van der Waals surface area contributed by atoms with E-state index < -0.39 is 0 Å².